The van der Waals surface area contributed by atoms with Crippen molar-refractivity contribution in [3.05, 3.63) is 24.3 Å². The lowest BCUT2D eigenvalue weighted by atomic mass is 10.3. The fourth-order valence-electron chi connectivity index (χ4n) is 1.33. The highest BCUT2D eigenvalue weighted by Gasteiger charge is 2.03. The molecular weight excluding hydrogens is 288 g/mol. The number of rotatable bonds is 7. The Kier molecular flexibility index (Phi) is 9.42. The summed E-state index contributed by atoms with van der Waals surface area (Å²) in [5.74, 6) is -0.134. The van der Waals surface area contributed by atoms with Gasteiger partial charge in [-0.25, -0.2) is 0 Å². The number of carbonyl (C=O) groups excluding carboxylic acids is 1. The molecule has 19 heavy (non-hydrogen) atoms. The molecule has 0 aliphatic rings. The zero-order valence-corrected chi connectivity index (χ0v) is 12.6. The number of anilines is 1. The van der Waals surface area contributed by atoms with Crippen LogP contribution in [0.15, 0.2) is 29.2 Å². The number of halogens is 1. The molecule has 0 aliphatic heterocycles. The summed E-state index contributed by atoms with van der Waals surface area (Å²) in [4.78, 5) is 12.3. The number of hydrogen-bond donors (Lipinski definition) is 2. The van der Waals surface area contributed by atoms with Crippen LogP contribution < -0.4 is 10.6 Å². The summed E-state index contributed by atoms with van der Waals surface area (Å²) in [6, 6.07) is 7.01. The number of methoxy groups -OCH3 is 1. The summed E-state index contributed by atoms with van der Waals surface area (Å²) in [6.07, 6.45) is 1.60. The minimum atomic E-state index is -1.05. The summed E-state index contributed by atoms with van der Waals surface area (Å²) in [5, 5.41) is 5.68. The van der Waals surface area contributed by atoms with Crippen LogP contribution in [0, 0.1) is 0 Å². The molecule has 7 heteroatoms. The first kappa shape index (κ1) is 18.0. The highest BCUT2D eigenvalue weighted by atomic mass is 35.5. The fourth-order valence-corrected chi connectivity index (χ4v) is 1.90. The molecule has 1 unspecified atom stereocenters. The summed E-state index contributed by atoms with van der Waals surface area (Å²) in [6.45, 7) is 1.42. The number of ether oxygens (including phenoxy) is 1. The second-order valence-corrected chi connectivity index (χ2v) is 5.08. The third-order valence-electron chi connectivity index (χ3n) is 2.22. The van der Waals surface area contributed by atoms with Crippen LogP contribution >= 0.6 is 12.4 Å². The van der Waals surface area contributed by atoms with Crippen molar-refractivity contribution in [1.29, 1.82) is 0 Å². The maximum absolute atomic E-state index is 11.6. The van der Waals surface area contributed by atoms with E-state index in [9.17, 15) is 9.00 Å². The summed E-state index contributed by atoms with van der Waals surface area (Å²) in [7, 11) is 0.564. The normalized spacial score (nSPS) is 11.5. The van der Waals surface area contributed by atoms with Crippen molar-refractivity contribution in [1.82, 2.24) is 5.32 Å². The second-order valence-electron chi connectivity index (χ2n) is 3.70. The van der Waals surface area contributed by atoms with Crippen LogP contribution in [0.25, 0.3) is 0 Å². The van der Waals surface area contributed by atoms with Gasteiger partial charge in [-0.15, -0.1) is 12.4 Å². The van der Waals surface area contributed by atoms with E-state index in [2.05, 4.69) is 10.6 Å². The van der Waals surface area contributed by atoms with Gasteiger partial charge < -0.3 is 15.4 Å². The Morgan fingerprint density at radius 3 is 2.79 bits per heavy atom. The molecule has 0 aromatic heterocycles. The van der Waals surface area contributed by atoms with Crippen molar-refractivity contribution in [2.75, 3.05) is 38.4 Å². The zero-order chi connectivity index (χ0) is 13.4. The number of benzene rings is 1. The van der Waals surface area contributed by atoms with E-state index in [0.717, 1.165) is 0 Å². The SMILES string of the molecule is COCCNCC(=O)Nc1cccc(S(C)=O)c1.Cl. The van der Waals surface area contributed by atoms with Gasteiger partial charge in [-0.1, -0.05) is 6.07 Å². The van der Waals surface area contributed by atoms with Gasteiger partial charge in [0.2, 0.25) is 5.91 Å². The van der Waals surface area contributed by atoms with E-state index in [0.29, 0.717) is 23.7 Å². The van der Waals surface area contributed by atoms with Crippen LogP contribution in [-0.2, 0) is 20.3 Å². The van der Waals surface area contributed by atoms with Crippen LogP contribution in [-0.4, -0.2) is 43.2 Å². The highest BCUT2D eigenvalue weighted by Crippen LogP contribution is 2.12. The van der Waals surface area contributed by atoms with Gasteiger partial charge in [0.05, 0.1) is 13.2 Å². The van der Waals surface area contributed by atoms with E-state index in [1.165, 1.54) is 0 Å². The lowest BCUT2D eigenvalue weighted by molar-refractivity contribution is -0.115. The molecule has 1 atom stereocenters. The molecule has 1 aromatic rings. The lowest BCUT2D eigenvalue weighted by Gasteiger charge is -2.07. The van der Waals surface area contributed by atoms with Gasteiger partial charge >= 0.3 is 0 Å². The molecule has 108 valence electrons. The van der Waals surface area contributed by atoms with Crippen LogP contribution in [0.3, 0.4) is 0 Å². The van der Waals surface area contributed by atoms with Crippen LogP contribution in [0.5, 0.6) is 0 Å². The molecule has 0 spiro atoms. The zero-order valence-electron chi connectivity index (χ0n) is 11.0. The molecule has 0 bridgehead atoms. The van der Waals surface area contributed by atoms with Crippen LogP contribution in [0.4, 0.5) is 5.69 Å². The quantitative estimate of drug-likeness (QED) is 0.738. The monoisotopic (exact) mass is 306 g/mol. The largest absolute Gasteiger partial charge is 0.383 e. The predicted molar refractivity (Wildman–Crippen MR) is 79.4 cm³/mol. The molecule has 0 radical (unpaired) electrons. The van der Waals surface area contributed by atoms with E-state index in [1.807, 2.05) is 0 Å². The van der Waals surface area contributed by atoms with Crippen LogP contribution in [0.1, 0.15) is 0 Å². The van der Waals surface area contributed by atoms with E-state index >= 15 is 0 Å². The highest BCUT2D eigenvalue weighted by molar-refractivity contribution is 7.84. The number of carbonyl (C=O) groups is 1. The Balaban J connectivity index is 0.00000324. The first-order chi connectivity index (χ1) is 8.63. The van der Waals surface area contributed by atoms with Gasteiger partial charge in [-0.3, -0.25) is 9.00 Å². The van der Waals surface area contributed by atoms with Gasteiger partial charge in [0.1, 0.15) is 0 Å². The molecule has 0 fully saturated rings. The Labute approximate surface area is 122 Å². The van der Waals surface area contributed by atoms with E-state index in [1.54, 1.807) is 37.6 Å². The second kappa shape index (κ2) is 9.91. The Bertz CT molecular complexity index is 429. The van der Waals surface area contributed by atoms with E-state index in [-0.39, 0.29) is 24.9 Å². The molecule has 1 aromatic carbocycles. The first-order valence-corrected chi connectivity index (χ1v) is 7.12. The Morgan fingerprint density at radius 2 is 2.16 bits per heavy atom. The lowest BCUT2D eigenvalue weighted by Crippen LogP contribution is -2.30. The van der Waals surface area contributed by atoms with Crippen molar-refractivity contribution in [2.45, 2.75) is 4.90 Å². The molecule has 0 saturated carbocycles. The molecule has 1 rings (SSSR count). The van der Waals surface area contributed by atoms with Crippen LogP contribution in [0.2, 0.25) is 0 Å². The number of hydrogen-bond acceptors (Lipinski definition) is 4. The third kappa shape index (κ3) is 7.27. The molecule has 1 amide bonds. The van der Waals surface area contributed by atoms with Crippen molar-refractivity contribution < 1.29 is 13.7 Å². The number of amides is 1. The van der Waals surface area contributed by atoms with Gasteiger partial charge in [0, 0.05) is 41.3 Å². The maximum Gasteiger partial charge on any atom is 0.238 e. The average molecular weight is 307 g/mol. The van der Waals surface area contributed by atoms with Crippen molar-refractivity contribution >= 4 is 34.8 Å². The van der Waals surface area contributed by atoms with Crippen molar-refractivity contribution in [3.63, 3.8) is 0 Å². The third-order valence-corrected chi connectivity index (χ3v) is 3.14. The summed E-state index contributed by atoms with van der Waals surface area (Å²) < 4.78 is 16.2. The minimum Gasteiger partial charge on any atom is -0.383 e. The average Bonchev–Trinajstić information content (AvgIpc) is 2.35. The number of nitrogens with one attached hydrogen (secondary N) is 2. The standard InChI is InChI=1S/C12H18N2O3S.ClH/c1-17-7-6-13-9-12(15)14-10-4-3-5-11(8-10)18(2)16;/h3-5,8,13H,6-7,9H2,1-2H3,(H,14,15);1H. The molecule has 0 heterocycles. The van der Waals surface area contributed by atoms with Crippen molar-refractivity contribution in [3.8, 4) is 0 Å². The van der Waals surface area contributed by atoms with Gasteiger partial charge in [-0.2, -0.15) is 0 Å². The molecule has 0 saturated heterocycles. The topological polar surface area (TPSA) is 67.4 Å². The van der Waals surface area contributed by atoms with Gasteiger partial charge in [0.15, 0.2) is 0 Å². The Morgan fingerprint density at radius 1 is 1.42 bits per heavy atom. The first-order valence-electron chi connectivity index (χ1n) is 5.56. The van der Waals surface area contributed by atoms with Gasteiger partial charge in [-0.05, 0) is 18.2 Å². The van der Waals surface area contributed by atoms with E-state index < -0.39 is 10.8 Å². The predicted octanol–water partition coefficient (Wildman–Crippen LogP) is 1.02. The maximum atomic E-state index is 11.6. The molecule has 5 nitrogen and oxygen atoms in total. The fraction of sp³-hybridized carbons (Fsp3) is 0.417. The molecule has 2 N–H and O–H groups in total. The Hall–Kier alpha value is -0.950. The van der Waals surface area contributed by atoms with Crippen molar-refractivity contribution in [2.24, 2.45) is 0 Å². The minimum absolute atomic E-state index is 0. The molecule has 0 aliphatic carbocycles. The summed E-state index contributed by atoms with van der Waals surface area (Å²) >= 11 is 0. The van der Waals surface area contributed by atoms with Gasteiger partial charge in [0.25, 0.3) is 0 Å². The smallest absolute Gasteiger partial charge is 0.238 e. The van der Waals surface area contributed by atoms with E-state index in [4.69, 9.17) is 4.74 Å². The summed E-state index contributed by atoms with van der Waals surface area (Å²) in [5.41, 5.74) is 0.654. The molecular formula is C12H19ClN2O3S.